The van der Waals surface area contributed by atoms with Gasteiger partial charge in [-0.05, 0) is 26.0 Å². The summed E-state index contributed by atoms with van der Waals surface area (Å²) in [5, 5.41) is 2.18. The van der Waals surface area contributed by atoms with E-state index in [1.165, 1.54) is 26.2 Å². The SMILES string of the molecule is Cc1nc(C)nc(NC(=O)NS(=O)(=O)c2ccccc2S(=O)(=O)N(C)C)n1. The van der Waals surface area contributed by atoms with E-state index in [-0.39, 0.29) is 5.95 Å². The van der Waals surface area contributed by atoms with Gasteiger partial charge in [-0.15, -0.1) is 0 Å². The molecular weight excluding hydrogens is 396 g/mol. The van der Waals surface area contributed by atoms with E-state index in [9.17, 15) is 21.6 Å². The molecule has 0 saturated carbocycles. The Morgan fingerprint density at radius 1 is 0.926 bits per heavy atom. The molecule has 11 nitrogen and oxygen atoms in total. The second kappa shape index (κ2) is 7.54. The lowest BCUT2D eigenvalue weighted by molar-refractivity contribution is 0.256. The highest BCUT2D eigenvalue weighted by Crippen LogP contribution is 2.22. The van der Waals surface area contributed by atoms with Crippen LogP contribution in [-0.2, 0) is 20.0 Å². The van der Waals surface area contributed by atoms with Gasteiger partial charge in [-0.25, -0.2) is 35.6 Å². The van der Waals surface area contributed by atoms with E-state index < -0.39 is 35.9 Å². The van der Waals surface area contributed by atoms with Gasteiger partial charge in [0.25, 0.3) is 10.0 Å². The third-order valence-electron chi connectivity index (χ3n) is 3.21. The smallest absolute Gasteiger partial charge is 0.275 e. The van der Waals surface area contributed by atoms with Gasteiger partial charge >= 0.3 is 6.03 Å². The Hall–Kier alpha value is -2.64. The van der Waals surface area contributed by atoms with Crippen molar-refractivity contribution in [2.45, 2.75) is 23.6 Å². The minimum Gasteiger partial charge on any atom is -0.275 e. The number of nitrogens with zero attached hydrogens (tertiary/aromatic N) is 4. The van der Waals surface area contributed by atoms with Gasteiger partial charge in [-0.1, -0.05) is 12.1 Å². The topological polar surface area (TPSA) is 151 Å². The van der Waals surface area contributed by atoms with Crippen LogP contribution in [0.5, 0.6) is 0 Å². The fourth-order valence-corrected chi connectivity index (χ4v) is 4.66. The van der Waals surface area contributed by atoms with Crippen molar-refractivity contribution in [3.8, 4) is 0 Å². The van der Waals surface area contributed by atoms with Gasteiger partial charge < -0.3 is 0 Å². The van der Waals surface area contributed by atoms with Crippen molar-refractivity contribution in [2.24, 2.45) is 0 Å². The fraction of sp³-hybridized carbons (Fsp3) is 0.286. The summed E-state index contributed by atoms with van der Waals surface area (Å²) in [5.74, 6) is 0.535. The van der Waals surface area contributed by atoms with Crippen LogP contribution in [-0.4, -0.2) is 56.2 Å². The monoisotopic (exact) mass is 414 g/mol. The zero-order chi connectivity index (χ0) is 20.4. The molecule has 1 aromatic carbocycles. The van der Waals surface area contributed by atoms with Crippen LogP contribution >= 0.6 is 0 Å². The number of benzene rings is 1. The van der Waals surface area contributed by atoms with Crippen molar-refractivity contribution >= 4 is 32.0 Å². The molecule has 2 amide bonds. The normalized spacial score (nSPS) is 12.0. The predicted octanol–water partition coefficient (Wildman–Crippen LogP) is 0.249. The third-order valence-corrected chi connectivity index (χ3v) is 6.60. The minimum atomic E-state index is -4.49. The highest BCUT2D eigenvalue weighted by Gasteiger charge is 2.29. The average Bonchev–Trinajstić information content (AvgIpc) is 2.53. The average molecular weight is 414 g/mol. The van der Waals surface area contributed by atoms with E-state index in [1.54, 1.807) is 18.6 Å². The van der Waals surface area contributed by atoms with Gasteiger partial charge in [-0.2, -0.15) is 9.97 Å². The van der Waals surface area contributed by atoms with Crippen molar-refractivity contribution in [1.29, 1.82) is 0 Å². The summed E-state index contributed by atoms with van der Waals surface area (Å²) in [6.45, 7) is 3.16. The van der Waals surface area contributed by atoms with Crippen LogP contribution in [0.25, 0.3) is 0 Å². The molecule has 13 heteroatoms. The zero-order valence-corrected chi connectivity index (χ0v) is 16.6. The lowest BCUT2D eigenvalue weighted by atomic mass is 10.4. The summed E-state index contributed by atoms with van der Waals surface area (Å²) >= 11 is 0. The maximum Gasteiger partial charge on any atom is 0.335 e. The number of hydrogen-bond acceptors (Lipinski definition) is 8. The van der Waals surface area contributed by atoms with E-state index in [2.05, 4.69) is 20.3 Å². The van der Waals surface area contributed by atoms with Crippen molar-refractivity contribution in [2.75, 3.05) is 19.4 Å². The predicted molar refractivity (Wildman–Crippen MR) is 96.0 cm³/mol. The first-order valence-corrected chi connectivity index (χ1v) is 10.4. The molecule has 2 aromatic rings. The van der Waals surface area contributed by atoms with E-state index >= 15 is 0 Å². The van der Waals surface area contributed by atoms with E-state index in [0.717, 1.165) is 16.4 Å². The summed E-state index contributed by atoms with van der Waals surface area (Å²) in [4.78, 5) is 22.7. The Labute approximate surface area is 157 Å². The molecule has 0 aliphatic rings. The van der Waals surface area contributed by atoms with Crippen LogP contribution in [0.2, 0.25) is 0 Å². The second-order valence-electron chi connectivity index (χ2n) is 5.55. The van der Waals surface area contributed by atoms with Crippen LogP contribution in [0, 0.1) is 13.8 Å². The summed E-state index contributed by atoms with van der Waals surface area (Å²) in [7, 11) is -6.00. The molecule has 0 aliphatic carbocycles. The van der Waals surface area contributed by atoms with E-state index in [0.29, 0.717) is 11.6 Å². The van der Waals surface area contributed by atoms with Crippen LogP contribution in [0.3, 0.4) is 0 Å². The number of hydrogen-bond donors (Lipinski definition) is 2. The number of aromatic nitrogens is 3. The number of carbonyl (C=O) groups is 1. The van der Waals surface area contributed by atoms with Gasteiger partial charge in [0.15, 0.2) is 0 Å². The fourth-order valence-electron chi connectivity index (χ4n) is 2.06. The number of nitrogens with one attached hydrogen (secondary N) is 2. The van der Waals surface area contributed by atoms with Gasteiger partial charge in [0, 0.05) is 14.1 Å². The molecule has 0 radical (unpaired) electrons. The molecule has 1 aromatic heterocycles. The molecule has 2 N–H and O–H groups in total. The van der Waals surface area contributed by atoms with Gasteiger partial charge in [0.1, 0.15) is 21.4 Å². The lowest BCUT2D eigenvalue weighted by Crippen LogP contribution is -2.36. The molecule has 0 unspecified atom stereocenters. The Morgan fingerprint density at radius 3 is 1.96 bits per heavy atom. The molecule has 0 saturated heterocycles. The number of carbonyl (C=O) groups excluding carboxylic acids is 1. The standard InChI is InChI=1S/C14H18N6O5S2/c1-9-15-10(2)17-13(16-9)18-14(21)19-26(22,23)11-7-5-6-8-12(11)27(24,25)20(3)4/h5-8H,1-4H3,(H2,15,16,17,18,19,21). The summed E-state index contributed by atoms with van der Waals surface area (Å²) in [6.07, 6.45) is 0. The van der Waals surface area contributed by atoms with Gasteiger partial charge in [-0.3, -0.25) is 5.32 Å². The number of aryl methyl sites for hydroxylation is 2. The zero-order valence-electron chi connectivity index (χ0n) is 15.0. The van der Waals surface area contributed by atoms with Crippen LogP contribution < -0.4 is 10.0 Å². The quantitative estimate of drug-likeness (QED) is 0.706. The number of urea groups is 1. The first-order chi connectivity index (χ1) is 12.4. The molecule has 146 valence electrons. The molecule has 0 fully saturated rings. The minimum absolute atomic E-state index is 0.137. The first kappa shape index (κ1) is 20.7. The maximum absolute atomic E-state index is 12.5. The largest absolute Gasteiger partial charge is 0.335 e. The van der Waals surface area contributed by atoms with Crippen LogP contribution in [0.4, 0.5) is 10.7 Å². The third kappa shape index (κ3) is 4.75. The maximum atomic E-state index is 12.5. The van der Waals surface area contributed by atoms with Gasteiger partial charge in [0.2, 0.25) is 16.0 Å². The lowest BCUT2D eigenvalue weighted by Gasteiger charge is -2.15. The number of rotatable bonds is 5. The number of anilines is 1. The Morgan fingerprint density at radius 2 is 1.44 bits per heavy atom. The summed E-state index contributed by atoms with van der Waals surface area (Å²) in [5.41, 5.74) is 0. The summed E-state index contributed by atoms with van der Waals surface area (Å²) in [6, 6.07) is 3.81. The molecular formula is C14H18N6O5S2. The van der Waals surface area contributed by atoms with Crippen molar-refractivity contribution in [3.63, 3.8) is 0 Å². The Kier molecular flexibility index (Phi) is 5.77. The number of sulfonamides is 2. The molecule has 0 spiro atoms. The highest BCUT2D eigenvalue weighted by molar-refractivity contribution is 7.92. The Balaban J connectivity index is 2.33. The van der Waals surface area contributed by atoms with Crippen LogP contribution in [0.15, 0.2) is 34.1 Å². The highest BCUT2D eigenvalue weighted by atomic mass is 32.2. The van der Waals surface area contributed by atoms with E-state index in [1.807, 2.05) is 0 Å². The van der Waals surface area contributed by atoms with E-state index in [4.69, 9.17) is 0 Å². The van der Waals surface area contributed by atoms with Crippen molar-refractivity contribution < 1.29 is 21.6 Å². The van der Waals surface area contributed by atoms with Crippen molar-refractivity contribution in [3.05, 3.63) is 35.9 Å². The first-order valence-electron chi connectivity index (χ1n) is 7.48. The van der Waals surface area contributed by atoms with Crippen molar-refractivity contribution in [1.82, 2.24) is 24.0 Å². The van der Waals surface area contributed by atoms with Gasteiger partial charge in [0.05, 0.1) is 0 Å². The molecule has 1 heterocycles. The Bertz CT molecular complexity index is 1060. The molecule has 0 atom stereocenters. The second-order valence-corrected chi connectivity index (χ2v) is 9.32. The molecule has 0 bridgehead atoms. The molecule has 27 heavy (non-hydrogen) atoms. The number of amides is 2. The summed E-state index contributed by atoms with van der Waals surface area (Å²) < 4.78 is 52.4. The molecule has 2 rings (SSSR count). The van der Waals surface area contributed by atoms with Crippen LogP contribution in [0.1, 0.15) is 11.6 Å². The molecule has 0 aliphatic heterocycles.